The summed E-state index contributed by atoms with van der Waals surface area (Å²) in [6.07, 6.45) is -4.68. The van der Waals surface area contributed by atoms with E-state index in [1.54, 1.807) is 0 Å². The lowest BCUT2D eigenvalue weighted by Crippen LogP contribution is -2.59. The van der Waals surface area contributed by atoms with E-state index in [9.17, 15) is 10.2 Å². The van der Waals surface area contributed by atoms with Crippen LogP contribution in [0.4, 0.5) is 0 Å². The zero-order valence-electron chi connectivity index (χ0n) is 8.16. The SMILES string of the molecule is COC1O[C@H](CO)[C@H](O)[C@H](O)[C@@H]1OC. The second-order valence-electron chi connectivity index (χ2n) is 3.14. The summed E-state index contributed by atoms with van der Waals surface area (Å²) in [5, 5.41) is 27.9. The maximum atomic E-state index is 9.59. The van der Waals surface area contributed by atoms with Crippen LogP contribution in [0.5, 0.6) is 0 Å². The summed E-state index contributed by atoms with van der Waals surface area (Å²) in [6, 6.07) is 0. The predicted molar refractivity (Wildman–Crippen MR) is 45.6 cm³/mol. The minimum atomic E-state index is -1.17. The third-order valence-electron chi connectivity index (χ3n) is 2.33. The zero-order valence-corrected chi connectivity index (χ0v) is 8.16. The van der Waals surface area contributed by atoms with E-state index >= 15 is 0 Å². The van der Waals surface area contributed by atoms with Crippen LogP contribution in [0.1, 0.15) is 0 Å². The number of ether oxygens (including phenoxy) is 3. The van der Waals surface area contributed by atoms with Gasteiger partial charge >= 0.3 is 0 Å². The van der Waals surface area contributed by atoms with E-state index in [1.165, 1.54) is 14.2 Å². The highest BCUT2D eigenvalue weighted by atomic mass is 16.7. The van der Waals surface area contributed by atoms with Gasteiger partial charge in [0.25, 0.3) is 0 Å². The van der Waals surface area contributed by atoms with Crippen molar-refractivity contribution in [3.05, 3.63) is 0 Å². The number of aliphatic hydroxyl groups excluding tert-OH is 3. The van der Waals surface area contributed by atoms with Gasteiger partial charge in [-0.05, 0) is 0 Å². The predicted octanol–water partition coefficient (Wildman–Crippen LogP) is -1.91. The number of hydrogen-bond donors (Lipinski definition) is 3. The molecule has 3 N–H and O–H groups in total. The normalized spacial score (nSPS) is 43.9. The summed E-state index contributed by atoms with van der Waals surface area (Å²) in [5.41, 5.74) is 0. The zero-order chi connectivity index (χ0) is 10.7. The first kappa shape index (κ1) is 11.8. The van der Waals surface area contributed by atoms with E-state index in [0.717, 1.165) is 0 Å². The Hall–Kier alpha value is -0.240. The van der Waals surface area contributed by atoms with Gasteiger partial charge in [-0.1, -0.05) is 0 Å². The summed E-state index contributed by atoms with van der Waals surface area (Å²) in [7, 11) is 2.78. The van der Waals surface area contributed by atoms with Gasteiger partial charge < -0.3 is 29.5 Å². The molecule has 1 unspecified atom stereocenters. The molecule has 1 fully saturated rings. The largest absolute Gasteiger partial charge is 0.394 e. The first-order chi connectivity index (χ1) is 6.65. The Morgan fingerprint density at radius 3 is 2.21 bits per heavy atom. The lowest BCUT2D eigenvalue weighted by molar-refractivity contribution is -0.299. The minimum absolute atomic E-state index is 0.380. The van der Waals surface area contributed by atoms with Crippen molar-refractivity contribution in [3.63, 3.8) is 0 Å². The smallest absolute Gasteiger partial charge is 0.186 e. The molecule has 1 heterocycles. The van der Waals surface area contributed by atoms with E-state index in [2.05, 4.69) is 0 Å². The first-order valence-electron chi connectivity index (χ1n) is 4.33. The topological polar surface area (TPSA) is 88.4 Å². The standard InChI is InChI=1S/C8H16O6/c1-12-7-6(11)5(10)4(3-9)14-8(7)13-2/h4-11H,3H2,1-2H3/t4-,5+,6+,7+,8?/m1/s1. The molecule has 0 bridgehead atoms. The maximum absolute atomic E-state index is 9.59. The van der Waals surface area contributed by atoms with Crippen molar-refractivity contribution < 1.29 is 29.5 Å². The Morgan fingerprint density at radius 2 is 1.79 bits per heavy atom. The van der Waals surface area contributed by atoms with Crippen molar-refractivity contribution in [1.29, 1.82) is 0 Å². The van der Waals surface area contributed by atoms with Gasteiger partial charge in [-0.2, -0.15) is 0 Å². The number of rotatable bonds is 3. The molecule has 0 aliphatic carbocycles. The molecule has 0 aromatic rings. The molecule has 1 saturated heterocycles. The molecule has 1 aliphatic heterocycles. The van der Waals surface area contributed by atoms with Crippen LogP contribution in [0.2, 0.25) is 0 Å². The third kappa shape index (κ3) is 2.05. The Kier molecular flexibility index (Phi) is 4.24. The van der Waals surface area contributed by atoms with Crippen molar-refractivity contribution >= 4 is 0 Å². The van der Waals surface area contributed by atoms with Crippen LogP contribution in [0.15, 0.2) is 0 Å². The van der Waals surface area contributed by atoms with Crippen molar-refractivity contribution in [2.75, 3.05) is 20.8 Å². The van der Waals surface area contributed by atoms with Gasteiger partial charge in [-0.3, -0.25) is 0 Å². The Labute approximate surface area is 82.0 Å². The van der Waals surface area contributed by atoms with Gasteiger partial charge in [0.1, 0.15) is 24.4 Å². The first-order valence-corrected chi connectivity index (χ1v) is 4.33. The fourth-order valence-corrected chi connectivity index (χ4v) is 1.50. The van der Waals surface area contributed by atoms with Crippen molar-refractivity contribution in [1.82, 2.24) is 0 Å². The van der Waals surface area contributed by atoms with Gasteiger partial charge in [0.15, 0.2) is 6.29 Å². The van der Waals surface area contributed by atoms with Gasteiger partial charge in [0, 0.05) is 14.2 Å². The van der Waals surface area contributed by atoms with Crippen molar-refractivity contribution in [2.24, 2.45) is 0 Å². The van der Waals surface area contributed by atoms with E-state index < -0.39 is 30.7 Å². The summed E-state index contributed by atoms with van der Waals surface area (Å²) in [6.45, 7) is -0.380. The lowest BCUT2D eigenvalue weighted by Gasteiger charge is -2.40. The van der Waals surface area contributed by atoms with Gasteiger partial charge in [-0.15, -0.1) is 0 Å². The van der Waals surface area contributed by atoms with Crippen LogP contribution < -0.4 is 0 Å². The average Bonchev–Trinajstić information content (AvgIpc) is 2.21. The fraction of sp³-hybridized carbons (Fsp3) is 1.00. The van der Waals surface area contributed by atoms with Gasteiger partial charge in [0.2, 0.25) is 0 Å². The molecule has 0 aromatic carbocycles. The minimum Gasteiger partial charge on any atom is -0.394 e. The molecule has 14 heavy (non-hydrogen) atoms. The third-order valence-corrected chi connectivity index (χ3v) is 2.33. The maximum Gasteiger partial charge on any atom is 0.186 e. The lowest BCUT2D eigenvalue weighted by atomic mass is 9.99. The van der Waals surface area contributed by atoms with Crippen LogP contribution >= 0.6 is 0 Å². The summed E-state index contributed by atoms with van der Waals surface area (Å²) in [4.78, 5) is 0. The molecule has 0 amide bonds. The van der Waals surface area contributed by atoms with Crippen LogP contribution in [0.25, 0.3) is 0 Å². The Bertz CT molecular complexity index is 173. The summed E-state index contributed by atoms with van der Waals surface area (Å²) >= 11 is 0. The molecule has 0 spiro atoms. The molecular formula is C8H16O6. The monoisotopic (exact) mass is 208 g/mol. The molecule has 0 aromatic heterocycles. The molecule has 6 nitrogen and oxygen atoms in total. The van der Waals surface area contributed by atoms with E-state index in [-0.39, 0.29) is 6.61 Å². The van der Waals surface area contributed by atoms with Crippen LogP contribution in [-0.2, 0) is 14.2 Å². The summed E-state index contributed by atoms with van der Waals surface area (Å²) < 4.78 is 15.0. The number of methoxy groups -OCH3 is 2. The van der Waals surface area contributed by atoms with Crippen molar-refractivity contribution in [3.8, 4) is 0 Å². The molecule has 6 heteroatoms. The highest BCUT2D eigenvalue weighted by molar-refractivity contribution is 4.89. The van der Waals surface area contributed by atoms with E-state index in [1.807, 2.05) is 0 Å². The van der Waals surface area contributed by atoms with Crippen LogP contribution in [-0.4, -0.2) is 66.9 Å². The molecular weight excluding hydrogens is 192 g/mol. The molecule has 0 saturated carbocycles. The number of aliphatic hydroxyl groups is 3. The Morgan fingerprint density at radius 1 is 1.14 bits per heavy atom. The molecule has 0 radical (unpaired) electrons. The van der Waals surface area contributed by atoms with E-state index in [4.69, 9.17) is 19.3 Å². The van der Waals surface area contributed by atoms with Crippen LogP contribution in [0.3, 0.4) is 0 Å². The second-order valence-corrected chi connectivity index (χ2v) is 3.14. The van der Waals surface area contributed by atoms with Gasteiger partial charge in [-0.25, -0.2) is 0 Å². The van der Waals surface area contributed by atoms with E-state index in [0.29, 0.717) is 0 Å². The highest BCUT2D eigenvalue weighted by Gasteiger charge is 2.44. The Balaban J connectivity index is 2.71. The highest BCUT2D eigenvalue weighted by Crippen LogP contribution is 2.23. The molecule has 1 aliphatic rings. The van der Waals surface area contributed by atoms with Gasteiger partial charge in [0.05, 0.1) is 6.61 Å². The van der Waals surface area contributed by atoms with Crippen molar-refractivity contribution in [2.45, 2.75) is 30.7 Å². The fourth-order valence-electron chi connectivity index (χ4n) is 1.50. The molecule has 84 valence electrons. The molecule has 5 atom stereocenters. The van der Waals surface area contributed by atoms with Crippen LogP contribution in [0, 0.1) is 0 Å². The summed E-state index contributed by atoms with van der Waals surface area (Å²) in [5.74, 6) is 0. The number of hydrogen-bond acceptors (Lipinski definition) is 6. The second kappa shape index (κ2) is 5.01. The average molecular weight is 208 g/mol. The molecule has 1 rings (SSSR count). The quantitative estimate of drug-likeness (QED) is 0.501.